The molecule has 0 unspecified atom stereocenters. The number of nitrogens with one attached hydrogen (secondary N) is 1. The van der Waals surface area contributed by atoms with Gasteiger partial charge in [-0.2, -0.15) is 0 Å². The van der Waals surface area contributed by atoms with Crippen LogP contribution in [-0.2, 0) is 0 Å². The van der Waals surface area contributed by atoms with Gasteiger partial charge in [0.2, 0.25) is 0 Å². The average molecular weight is 341 g/mol. The first-order chi connectivity index (χ1) is 11.7. The number of benzene rings is 2. The first-order valence-electron chi connectivity index (χ1n) is 8.05. The van der Waals surface area contributed by atoms with Crippen molar-refractivity contribution in [1.29, 1.82) is 0 Å². The molecule has 0 spiro atoms. The Hall–Kier alpha value is -2.46. The minimum atomic E-state index is -0.277. The standard InChI is InChI=1S/C19H17ClN2O2/c20-14-6-4-7-15(12-14)21-19(23)17-11-13-5-3-8-16(18(13)24-17)22-9-1-2-10-22/h3-8,11-12H,1-2,9-10H2,(H,21,23). The summed E-state index contributed by atoms with van der Waals surface area (Å²) in [6.07, 6.45) is 2.39. The van der Waals surface area contributed by atoms with Gasteiger partial charge in [0, 0.05) is 29.2 Å². The van der Waals surface area contributed by atoms with Crippen LogP contribution in [0.3, 0.4) is 0 Å². The lowest BCUT2D eigenvalue weighted by molar-refractivity contribution is 0.0999. The molecule has 0 aliphatic carbocycles. The van der Waals surface area contributed by atoms with E-state index in [0.717, 1.165) is 29.7 Å². The highest BCUT2D eigenvalue weighted by molar-refractivity contribution is 6.31. The van der Waals surface area contributed by atoms with E-state index in [9.17, 15) is 4.79 Å². The summed E-state index contributed by atoms with van der Waals surface area (Å²) in [4.78, 5) is 14.8. The van der Waals surface area contributed by atoms with Crippen molar-refractivity contribution in [3.63, 3.8) is 0 Å². The van der Waals surface area contributed by atoms with Crippen molar-refractivity contribution < 1.29 is 9.21 Å². The summed E-state index contributed by atoms with van der Waals surface area (Å²) >= 11 is 5.95. The van der Waals surface area contributed by atoms with Crippen molar-refractivity contribution in [2.24, 2.45) is 0 Å². The number of hydrogen-bond donors (Lipinski definition) is 1. The van der Waals surface area contributed by atoms with E-state index in [1.807, 2.05) is 12.1 Å². The van der Waals surface area contributed by atoms with Crippen LogP contribution in [0.1, 0.15) is 23.4 Å². The number of nitrogens with zero attached hydrogens (tertiary/aromatic N) is 1. The largest absolute Gasteiger partial charge is 0.449 e. The number of anilines is 2. The third-order valence-corrected chi connectivity index (χ3v) is 4.51. The molecule has 3 aromatic rings. The Morgan fingerprint density at radius 2 is 1.88 bits per heavy atom. The van der Waals surface area contributed by atoms with Gasteiger partial charge in [-0.1, -0.05) is 29.8 Å². The molecule has 1 N–H and O–H groups in total. The summed E-state index contributed by atoms with van der Waals surface area (Å²) in [5, 5.41) is 4.34. The third-order valence-electron chi connectivity index (χ3n) is 4.28. The fourth-order valence-electron chi connectivity index (χ4n) is 3.13. The molecule has 0 atom stereocenters. The van der Waals surface area contributed by atoms with Gasteiger partial charge in [-0.3, -0.25) is 4.79 Å². The lowest BCUT2D eigenvalue weighted by Crippen LogP contribution is -2.17. The van der Waals surface area contributed by atoms with Crippen LogP contribution in [0.4, 0.5) is 11.4 Å². The van der Waals surface area contributed by atoms with Gasteiger partial charge >= 0.3 is 0 Å². The Bertz CT molecular complexity index is 897. The zero-order valence-corrected chi connectivity index (χ0v) is 13.8. The highest BCUT2D eigenvalue weighted by Crippen LogP contribution is 2.32. The maximum Gasteiger partial charge on any atom is 0.291 e. The minimum Gasteiger partial charge on any atom is -0.449 e. The van der Waals surface area contributed by atoms with Crippen molar-refractivity contribution in [3.8, 4) is 0 Å². The quantitative estimate of drug-likeness (QED) is 0.734. The van der Waals surface area contributed by atoms with Gasteiger partial charge in [0.25, 0.3) is 5.91 Å². The second-order valence-electron chi connectivity index (χ2n) is 5.96. The fourth-order valence-corrected chi connectivity index (χ4v) is 3.32. The molecule has 0 saturated carbocycles. The first-order valence-corrected chi connectivity index (χ1v) is 8.43. The van der Waals surface area contributed by atoms with Crippen LogP contribution in [0.15, 0.2) is 52.9 Å². The Morgan fingerprint density at radius 3 is 2.67 bits per heavy atom. The van der Waals surface area contributed by atoms with Crippen LogP contribution in [0.5, 0.6) is 0 Å². The lowest BCUT2D eigenvalue weighted by atomic mass is 10.2. The van der Waals surface area contributed by atoms with Crippen LogP contribution < -0.4 is 10.2 Å². The van der Waals surface area contributed by atoms with E-state index in [2.05, 4.69) is 16.3 Å². The van der Waals surface area contributed by atoms with E-state index >= 15 is 0 Å². The summed E-state index contributed by atoms with van der Waals surface area (Å²) < 4.78 is 5.89. The molecule has 0 radical (unpaired) electrons. The van der Waals surface area contributed by atoms with E-state index in [4.69, 9.17) is 16.0 Å². The number of para-hydroxylation sites is 1. The van der Waals surface area contributed by atoms with Gasteiger partial charge in [0.15, 0.2) is 11.3 Å². The SMILES string of the molecule is O=C(Nc1cccc(Cl)c1)c1cc2cccc(N3CCCC3)c2o1. The van der Waals surface area contributed by atoms with E-state index in [1.54, 1.807) is 30.3 Å². The molecule has 24 heavy (non-hydrogen) atoms. The predicted octanol–water partition coefficient (Wildman–Crippen LogP) is 4.94. The van der Waals surface area contributed by atoms with E-state index in [0.29, 0.717) is 16.5 Å². The molecule has 1 amide bonds. The van der Waals surface area contributed by atoms with Crippen molar-refractivity contribution in [2.45, 2.75) is 12.8 Å². The van der Waals surface area contributed by atoms with Crippen molar-refractivity contribution in [1.82, 2.24) is 0 Å². The van der Waals surface area contributed by atoms with Crippen LogP contribution in [-0.4, -0.2) is 19.0 Å². The summed E-state index contributed by atoms with van der Waals surface area (Å²) in [7, 11) is 0. The molecule has 4 rings (SSSR count). The average Bonchev–Trinajstić information content (AvgIpc) is 3.24. The number of hydrogen-bond acceptors (Lipinski definition) is 3. The molecular formula is C19H17ClN2O2. The van der Waals surface area contributed by atoms with Crippen molar-refractivity contribution >= 4 is 39.9 Å². The highest BCUT2D eigenvalue weighted by atomic mass is 35.5. The van der Waals surface area contributed by atoms with Crippen LogP contribution in [0.25, 0.3) is 11.0 Å². The summed E-state index contributed by atoms with van der Waals surface area (Å²) in [6.45, 7) is 2.06. The maximum absolute atomic E-state index is 12.5. The Morgan fingerprint density at radius 1 is 1.08 bits per heavy atom. The zero-order chi connectivity index (χ0) is 16.5. The van der Waals surface area contributed by atoms with E-state index < -0.39 is 0 Å². The van der Waals surface area contributed by atoms with Gasteiger partial charge in [-0.15, -0.1) is 0 Å². The predicted molar refractivity (Wildman–Crippen MR) is 97.1 cm³/mol. The monoisotopic (exact) mass is 340 g/mol. The van der Waals surface area contributed by atoms with Gasteiger partial charge in [0.1, 0.15) is 0 Å². The minimum absolute atomic E-state index is 0.277. The Balaban J connectivity index is 1.65. The van der Waals surface area contributed by atoms with E-state index in [1.165, 1.54) is 12.8 Å². The summed E-state index contributed by atoms with van der Waals surface area (Å²) in [6, 6.07) is 14.9. The molecule has 5 heteroatoms. The second kappa shape index (κ2) is 6.21. The van der Waals surface area contributed by atoms with Gasteiger partial charge in [-0.05, 0) is 43.2 Å². The van der Waals surface area contributed by atoms with Crippen molar-refractivity contribution in [3.05, 3.63) is 59.3 Å². The Labute approximate surface area is 145 Å². The number of carbonyl (C=O) groups excluding carboxylic acids is 1. The number of furan rings is 1. The van der Waals surface area contributed by atoms with E-state index in [-0.39, 0.29) is 5.91 Å². The van der Waals surface area contributed by atoms with Gasteiger partial charge in [0.05, 0.1) is 5.69 Å². The smallest absolute Gasteiger partial charge is 0.291 e. The molecule has 2 aromatic carbocycles. The number of rotatable bonds is 3. The van der Waals surface area contributed by atoms with Crippen molar-refractivity contribution in [2.75, 3.05) is 23.3 Å². The maximum atomic E-state index is 12.5. The molecule has 1 aliphatic heterocycles. The van der Waals surface area contributed by atoms with Crippen LogP contribution in [0.2, 0.25) is 5.02 Å². The number of carbonyl (C=O) groups is 1. The Kier molecular flexibility index (Phi) is 3.90. The fraction of sp³-hybridized carbons (Fsp3) is 0.211. The zero-order valence-electron chi connectivity index (χ0n) is 13.1. The van der Waals surface area contributed by atoms with Gasteiger partial charge in [-0.25, -0.2) is 0 Å². The molecule has 2 heterocycles. The lowest BCUT2D eigenvalue weighted by Gasteiger charge is -2.17. The molecule has 1 aromatic heterocycles. The number of amides is 1. The number of fused-ring (bicyclic) bond motifs is 1. The summed E-state index contributed by atoms with van der Waals surface area (Å²) in [5.74, 6) is 0.0254. The molecule has 0 bridgehead atoms. The first kappa shape index (κ1) is 15.1. The highest BCUT2D eigenvalue weighted by Gasteiger charge is 2.19. The molecular weight excluding hydrogens is 324 g/mol. The second-order valence-corrected chi connectivity index (χ2v) is 6.40. The molecule has 1 aliphatic rings. The molecule has 122 valence electrons. The topological polar surface area (TPSA) is 45.5 Å². The molecule has 4 nitrogen and oxygen atoms in total. The van der Waals surface area contributed by atoms with Crippen LogP contribution >= 0.6 is 11.6 Å². The third kappa shape index (κ3) is 2.85. The number of halogens is 1. The summed E-state index contributed by atoms with van der Waals surface area (Å²) in [5.41, 5.74) is 2.48. The molecule has 1 fully saturated rings. The normalized spacial score (nSPS) is 14.3. The molecule has 1 saturated heterocycles. The van der Waals surface area contributed by atoms with Gasteiger partial charge < -0.3 is 14.6 Å². The van der Waals surface area contributed by atoms with Crippen LogP contribution in [0, 0.1) is 0 Å².